The van der Waals surface area contributed by atoms with Gasteiger partial charge in [0.05, 0.1) is 5.56 Å². The third-order valence-corrected chi connectivity index (χ3v) is 3.24. The van der Waals surface area contributed by atoms with Crippen molar-refractivity contribution in [3.8, 4) is 6.07 Å². The van der Waals surface area contributed by atoms with E-state index in [1.807, 2.05) is 13.0 Å². The lowest BCUT2D eigenvalue weighted by molar-refractivity contribution is 0.613. The van der Waals surface area contributed by atoms with Gasteiger partial charge in [-0.25, -0.2) is 14.4 Å². The summed E-state index contributed by atoms with van der Waals surface area (Å²) in [5, 5.41) is 9.34. The first-order valence-corrected chi connectivity index (χ1v) is 6.28. The lowest BCUT2D eigenvalue weighted by Crippen LogP contribution is -1.93. The molecule has 1 aromatic heterocycles. The van der Waals surface area contributed by atoms with E-state index in [0.717, 1.165) is 5.56 Å². The van der Waals surface area contributed by atoms with E-state index in [0.29, 0.717) is 16.5 Å². The molecule has 0 aliphatic heterocycles. The van der Waals surface area contributed by atoms with Gasteiger partial charge in [-0.05, 0) is 24.1 Å². The standard InChI is InChI=1S/C13H10FN3S/c1-9-6-16-13(17-7-9)18-8-11-4-2-3-10(5-15)12(11)14/h2-4,6-7H,8H2,1H3. The molecule has 0 fully saturated rings. The van der Waals surface area contributed by atoms with E-state index < -0.39 is 5.82 Å². The Morgan fingerprint density at radius 1 is 1.33 bits per heavy atom. The van der Waals surface area contributed by atoms with E-state index in [4.69, 9.17) is 5.26 Å². The van der Waals surface area contributed by atoms with Crippen molar-refractivity contribution in [3.63, 3.8) is 0 Å². The first kappa shape index (κ1) is 12.5. The molecule has 2 rings (SSSR count). The minimum atomic E-state index is -0.459. The second-order valence-electron chi connectivity index (χ2n) is 3.72. The van der Waals surface area contributed by atoms with Crippen LogP contribution in [0.1, 0.15) is 16.7 Å². The Morgan fingerprint density at radius 3 is 2.72 bits per heavy atom. The summed E-state index contributed by atoms with van der Waals surface area (Å²) >= 11 is 1.34. The maximum absolute atomic E-state index is 13.8. The zero-order chi connectivity index (χ0) is 13.0. The van der Waals surface area contributed by atoms with E-state index >= 15 is 0 Å². The Kier molecular flexibility index (Phi) is 3.90. The van der Waals surface area contributed by atoms with Crippen molar-refractivity contribution in [2.24, 2.45) is 0 Å². The van der Waals surface area contributed by atoms with Gasteiger partial charge in [-0.1, -0.05) is 23.9 Å². The molecule has 3 nitrogen and oxygen atoms in total. The molecule has 5 heteroatoms. The minimum Gasteiger partial charge on any atom is -0.231 e. The number of rotatable bonds is 3. The van der Waals surface area contributed by atoms with Crippen LogP contribution in [0, 0.1) is 24.1 Å². The van der Waals surface area contributed by atoms with Crippen molar-refractivity contribution < 1.29 is 4.39 Å². The average Bonchev–Trinajstić information content (AvgIpc) is 2.39. The van der Waals surface area contributed by atoms with Crippen molar-refractivity contribution in [1.82, 2.24) is 9.97 Å². The van der Waals surface area contributed by atoms with E-state index in [2.05, 4.69) is 9.97 Å². The number of halogens is 1. The Morgan fingerprint density at radius 2 is 2.06 bits per heavy atom. The molecule has 0 N–H and O–H groups in total. The minimum absolute atomic E-state index is 0.0675. The smallest absolute Gasteiger partial charge is 0.187 e. The van der Waals surface area contributed by atoms with Gasteiger partial charge in [-0.2, -0.15) is 5.26 Å². The first-order chi connectivity index (χ1) is 8.70. The van der Waals surface area contributed by atoms with Crippen LogP contribution in [0.3, 0.4) is 0 Å². The molecule has 90 valence electrons. The van der Waals surface area contributed by atoms with Crippen LogP contribution in [0.2, 0.25) is 0 Å². The molecule has 0 amide bonds. The molecule has 1 heterocycles. The van der Waals surface area contributed by atoms with E-state index in [-0.39, 0.29) is 5.56 Å². The predicted molar refractivity (Wildman–Crippen MR) is 67.4 cm³/mol. The van der Waals surface area contributed by atoms with Gasteiger partial charge in [0.1, 0.15) is 11.9 Å². The van der Waals surface area contributed by atoms with Crippen molar-refractivity contribution in [3.05, 3.63) is 53.1 Å². The lowest BCUT2D eigenvalue weighted by atomic mass is 10.1. The van der Waals surface area contributed by atoms with Gasteiger partial charge in [-0.15, -0.1) is 0 Å². The molecule has 0 aliphatic rings. The summed E-state index contributed by atoms with van der Waals surface area (Å²) in [6.45, 7) is 1.91. The highest BCUT2D eigenvalue weighted by atomic mass is 32.2. The molecule has 0 saturated carbocycles. The number of aromatic nitrogens is 2. The average molecular weight is 259 g/mol. The van der Waals surface area contributed by atoms with E-state index in [9.17, 15) is 4.39 Å². The molecule has 1 aromatic carbocycles. The van der Waals surface area contributed by atoms with Crippen LogP contribution in [-0.4, -0.2) is 9.97 Å². The maximum atomic E-state index is 13.8. The zero-order valence-electron chi connectivity index (χ0n) is 9.72. The molecule has 0 saturated heterocycles. The zero-order valence-corrected chi connectivity index (χ0v) is 10.5. The van der Waals surface area contributed by atoms with Gasteiger partial charge >= 0.3 is 0 Å². The van der Waals surface area contributed by atoms with Crippen LogP contribution in [0.5, 0.6) is 0 Å². The molecule has 0 atom stereocenters. The normalized spacial score (nSPS) is 10.1. The molecule has 0 unspecified atom stereocenters. The second-order valence-corrected chi connectivity index (χ2v) is 4.66. The molecular formula is C13H10FN3S. The molecule has 2 aromatic rings. The van der Waals surface area contributed by atoms with Gasteiger partial charge in [0, 0.05) is 18.1 Å². The summed E-state index contributed by atoms with van der Waals surface area (Å²) in [4.78, 5) is 8.26. The number of aryl methyl sites for hydroxylation is 1. The Bertz CT molecular complexity index is 590. The molecule has 0 spiro atoms. The summed E-state index contributed by atoms with van der Waals surface area (Å²) in [7, 11) is 0. The summed E-state index contributed by atoms with van der Waals surface area (Å²) in [6, 6.07) is 6.63. The third-order valence-electron chi connectivity index (χ3n) is 2.31. The fourth-order valence-electron chi connectivity index (χ4n) is 1.38. The van der Waals surface area contributed by atoms with Crippen molar-refractivity contribution in [1.29, 1.82) is 5.26 Å². The first-order valence-electron chi connectivity index (χ1n) is 5.29. The fraction of sp³-hybridized carbons (Fsp3) is 0.154. The quantitative estimate of drug-likeness (QED) is 0.628. The van der Waals surface area contributed by atoms with Crippen molar-refractivity contribution in [2.45, 2.75) is 17.8 Å². The van der Waals surface area contributed by atoms with E-state index in [1.165, 1.54) is 17.8 Å². The SMILES string of the molecule is Cc1cnc(SCc2cccc(C#N)c2F)nc1. The topological polar surface area (TPSA) is 49.6 Å². The molecule has 18 heavy (non-hydrogen) atoms. The van der Waals surface area contributed by atoms with E-state index in [1.54, 1.807) is 24.5 Å². The van der Waals surface area contributed by atoms with Crippen LogP contribution in [0.15, 0.2) is 35.7 Å². The monoisotopic (exact) mass is 259 g/mol. The number of thioether (sulfide) groups is 1. The Labute approximate surface area is 109 Å². The largest absolute Gasteiger partial charge is 0.231 e. The highest BCUT2D eigenvalue weighted by Crippen LogP contribution is 2.22. The van der Waals surface area contributed by atoms with Crippen LogP contribution in [-0.2, 0) is 5.75 Å². The lowest BCUT2D eigenvalue weighted by Gasteiger charge is -2.03. The number of hydrogen-bond acceptors (Lipinski definition) is 4. The van der Waals surface area contributed by atoms with Gasteiger partial charge in [0.2, 0.25) is 0 Å². The highest BCUT2D eigenvalue weighted by Gasteiger charge is 2.08. The second kappa shape index (κ2) is 5.61. The number of benzene rings is 1. The summed E-state index contributed by atoms with van der Waals surface area (Å²) in [5.74, 6) is -0.0515. The third kappa shape index (κ3) is 2.84. The molecule has 0 bridgehead atoms. The maximum Gasteiger partial charge on any atom is 0.187 e. The highest BCUT2D eigenvalue weighted by molar-refractivity contribution is 7.98. The summed E-state index contributed by atoms with van der Waals surface area (Å²) in [5.41, 5.74) is 1.54. The van der Waals surface area contributed by atoms with Crippen LogP contribution in [0.4, 0.5) is 4.39 Å². The Balaban J connectivity index is 2.11. The summed E-state index contributed by atoms with van der Waals surface area (Å²) in [6.07, 6.45) is 3.44. The summed E-state index contributed by atoms with van der Waals surface area (Å²) < 4.78 is 13.8. The van der Waals surface area contributed by atoms with Crippen molar-refractivity contribution in [2.75, 3.05) is 0 Å². The number of hydrogen-bond donors (Lipinski definition) is 0. The van der Waals surface area contributed by atoms with Gasteiger partial charge in [0.25, 0.3) is 0 Å². The molecular weight excluding hydrogens is 249 g/mol. The van der Waals surface area contributed by atoms with Gasteiger partial charge < -0.3 is 0 Å². The van der Waals surface area contributed by atoms with Crippen LogP contribution >= 0.6 is 11.8 Å². The van der Waals surface area contributed by atoms with Gasteiger partial charge in [-0.3, -0.25) is 0 Å². The fourth-order valence-corrected chi connectivity index (χ4v) is 2.14. The molecule has 0 aliphatic carbocycles. The van der Waals surface area contributed by atoms with Crippen molar-refractivity contribution >= 4 is 11.8 Å². The number of nitriles is 1. The van der Waals surface area contributed by atoms with Gasteiger partial charge in [0.15, 0.2) is 5.16 Å². The van der Waals surface area contributed by atoms with Crippen LogP contribution < -0.4 is 0 Å². The number of nitrogens with zero attached hydrogens (tertiary/aromatic N) is 3. The predicted octanol–water partition coefficient (Wildman–Crippen LogP) is 3.09. The molecule has 0 radical (unpaired) electrons. The Hall–Kier alpha value is -1.93. The van der Waals surface area contributed by atoms with Crippen LogP contribution in [0.25, 0.3) is 0 Å².